The largest absolute Gasteiger partial charge is 0.322 e. The molecule has 0 saturated heterocycles. The van der Waals surface area contributed by atoms with E-state index in [2.05, 4.69) is 10.7 Å². The van der Waals surface area contributed by atoms with Crippen molar-refractivity contribution in [1.29, 1.82) is 0 Å². The molecule has 0 atom stereocenters. The molecule has 1 heterocycles. The molecule has 2 rings (SSSR count). The Kier molecular flexibility index (Phi) is 3.17. The van der Waals surface area contributed by atoms with Crippen LogP contribution in [0.3, 0.4) is 0 Å². The number of hydrogen-bond acceptors (Lipinski definition) is 3. The smallest absolute Gasteiger partial charge is 0.192 e. The Labute approximate surface area is 105 Å². The van der Waals surface area contributed by atoms with Crippen molar-refractivity contribution in [3.05, 3.63) is 42.0 Å². The fourth-order valence-electron chi connectivity index (χ4n) is 1.39. The van der Waals surface area contributed by atoms with E-state index in [0.29, 0.717) is 10.1 Å². The lowest BCUT2D eigenvalue weighted by atomic mass is 10.1. The second kappa shape index (κ2) is 4.59. The van der Waals surface area contributed by atoms with Gasteiger partial charge in [0.2, 0.25) is 0 Å². The Morgan fingerprint density at radius 3 is 2.50 bits per heavy atom. The third kappa shape index (κ3) is 2.37. The molecule has 0 bridgehead atoms. The first kappa shape index (κ1) is 11.0. The molecule has 1 aromatic rings. The fraction of sp³-hybridized carbons (Fsp3) is 0.0909. The van der Waals surface area contributed by atoms with Crippen LogP contribution in [0.1, 0.15) is 5.56 Å². The first-order chi connectivity index (χ1) is 7.66. The van der Waals surface area contributed by atoms with Crippen molar-refractivity contribution in [2.45, 2.75) is 0 Å². The van der Waals surface area contributed by atoms with Crippen LogP contribution in [-0.4, -0.2) is 22.2 Å². The van der Waals surface area contributed by atoms with Crippen molar-refractivity contribution < 1.29 is 0 Å². The standard InChI is InChI=1S/C11H11N3S2/c1-14-11(16)12-10(15)7-9(13-14)8-5-3-2-4-6-8/h2-7,13H,1H3,(H,12,15,16). The van der Waals surface area contributed by atoms with Crippen LogP contribution in [0.15, 0.2) is 36.4 Å². The first-order valence-electron chi connectivity index (χ1n) is 4.79. The monoisotopic (exact) mass is 249 g/mol. The lowest BCUT2D eigenvalue weighted by Crippen LogP contribution is -2.43. The van der Waals surface area contributed by atoms with Gasteiger partial charge in [0.1, 0.15) is 4.99 Å². The van der Waals surface area contributed by atoms with E-state index < -0.39 is 0 Å². The molecule has 5 heteroatoms. The quantitative estimate of drug-likeness (QED) is 0.739. The maximum absolute atomic E-state index is 5.16. The molecule has 0 fully saturated rings. The van der Waals surface area contributed by atoms with Gasteiger partial charge in [0.25, 0.3) is 0 Å². The Hall–Kier alpha value is -1.46. The Bertz CT molecular complexity index is 454. The normalized spacial score (nSPS) is 16.1. The molecular weight excluding hydrogens is 238 g/mol. The number of benzene rings is 1. The minimum Gasteiger partial charge on any atom is -0.322 e. The molecule has 1 aliphatic heterocycles. The summed E-state index contributed by atoms with van der Waals surface area (Å²) in [5.41, 5.74) is 5.18. The average Bonchev–Trinajstić information content (AvgIpc) is 2.40. The van der Waals surface area contributed by atoms with E-state index in [0.717, 1.165) is 11.3 Å². The highest BCUT2D eigenvalue weighted by molar-refractivity contribution is 7.82. The van der Waals surface area contributed by atoms with Gasteiger partial charge in [-0.25, -0.2) is 0 Å². The van der Waals surface area contributed by atoms with Gasteiger partial charge < -0.3 is 5.32 Å². The molecule has 0 saturated carbocycles. The molecule has 82 valence electrons. The summed E-state index contributed by atoms with van der Waals surface area (Å²) in [6, 6.07) is 9.98. The van der Waals surface area contributed by atoms with Gasteiger partial charge in [0.05, 0.1) is 5.70 Å². The number of thiocarbonyl (C=S) groups is 2. The molecule has 0 aliphatic carbocycles. The number of rotatable bonds is 1. The molecular formula is C11H11N3S2. The SMILES string of the molecule is CN1NC(c2ccccc2)=CC(=S)NC1=S. The summed E-state index contributed by atoms with van der Waals surface area (Å²) in [6.07, 6.45) is 1.86. The predicted molar refractivity (Wildman–Crippen MR) is 73.6 cm³/mol. The molecule has 0 radical (unpaired) electrons. The van der Waals surface area contributed by atoms with Gasteiger partial charge in [-0.05, 0) is 23.9 Å². The van der Waals surface area contributed by atoms with Crippen molar-refractivity contribution in [2.75, 3.05) is 7.05 Å². The minimum absolute atomic E-state index is 0.562. The summed E-state index contributed by atoms with van der Waals surface area (Å²) in [6.45, 7) is 0. The van der Waals surface area contributed by atoms with Gasteiger partial charge >= 0.3 is 0 Å². The first-order valence-corrected chi connectivity index (χ1v) is 5.61. The molecule has 0 amide bonds. The van der Waals surface area contributed by atoms with Crippen LogP contribution in [0.2, 0.25) is 0 Å². The molecule has 3 nitrogen and oxygen atoms in total. The summed E-state index contributed by atoms with van der Waals surface area (Å²) in [4.78, 5) is 0.612. The van der Waals surface area contributed by atoms with E-state index in [1.807, 2.05) is 43.5 Å². The summed E-state index contributed by atoms with van der Waals surface area (Å²) < 4.78 is 0. The number of hydrazine groups is 1. The molecule has 0 aromatic heterocycles. The average molecular weight is 249 g/mol. The summed E-state index contributed by atoms with van der Waals surface area (Å²) in [7, 11) is 1.85. The molecule has 16 heavy (non-hydrogen) atoms. The van der Waals surface area contributed by atoms with E-state index in [9.17, 15) is 0 Å². The third-order valence-corrected chi connectivity index (χ3v) is 2.78. The molecule has 1 aliphatic rings. The van der Waals surface area contributed by atoms with Crippen LogP contribution in [0.5, 0.6) is 0 Å². The number of nitrogens with one attached hydrogen (secondary N) is 2. The van der Waals surface area contributed by atoms with Crippen molar-refractivity contribution >= 4 is 40.2 Å². The van der Waals surface area contributed by atoms with Gasteiger partial charge in [-0.3, -0.25) is 10.4 Å². The van der Waals surface area contributed by atoms with Crippen molar-refractivity contribution in [3.8, 4) is 0 Å². The molecule has 1 aromatic carbocycles. The van der Waals surface area contributed by atoms with Crippen LogP contribution in [0.25, 0.3) is 5.70 Å². The lowest BCUT2D eigenvalue weighted by molar-refractivity contribution is 0.446. The highest BCUT2D eigenvalue weighted by atomic mass is 32.1. The number of hydrogen-bond donors (Lipinski definition) is 2. The topological polar surface area (TPSA) is 27.3 Å². The van der Waals surface area contributed by atoms with Gasteiger partial charge in [-0.15, -0.1) is 0 Å². The second-order valence-corrected chi connectivity index (χ2v) is 4.22. The maximum atomic E-state index is 5.16. The molecule has 0 unspecified atom stereocenters. The zero-order valence-electron chi connectivity index (χ0n) is 8.73. The van der Waals surface area contributed by atoms with Gasteiger partial charge in [-0.1, -0.05) is 42.5 Å². The Balaban J connectivity index is 2.34. The van der Waals surface area contributed by atoms with E-state index in [4.69, 9.17) is 24.4 Å². The van der Waals surface area contributed by atoms with Crippen LogP contribution in [0.4, 0.5) is 0 Å². The Morgan fingerprint density at radius 1 is 1.12 bits per heavy atom. The Morgan fingerprint density at radius 2 is 1.81 bits per heavy atom. The summed E-state index contributed by atoms with van der Waals surface area (Å²) in [5, 5.41) is 5.23. The lowest BCUT2D eigenvalue weighted by Gasteiger charge is -2.20. The summed E-state index contributed by atoms with van der Waals surface area (Å²) in [5.74, 6) is 0. The zero-order valence-corrected chi connectivity index (χ0v) is 10.4. The predicted octanol–water partition coefficient (Wildman–Crippen LogP) is 1.68. The van der Waals surface area contributed by atoms with Crippen LogP contribution in [-0.2, 0) is 0 Å². The molecule has 0 spiro atoms. The van der Waals surface area contributed by atoms with Crippen LogP contribution < -0.4 is 10.7 Å². The van der Waals surface area contributed by atoms with E-state index in [1.54, 1.807) is 5.01 Å². The summed E-state index contributed by atoms with van der Waals surface area (Å²) >= 11 is 10.3. The maximum Gasteiger partial charge on any atom is 0.192 e. The van der Waals surface area contributed by atoms with E-state index in [-0.39, 0.29) is 0 Å². The van der Waals surface area contributed by atoms with Crippen molar-refractivity contribution in [2.24, 2.45) is 0 Å². The highest BCUT2D eigenvalue weighted by Gasteiger charge is 2.13. The van der Waals surface area contributed by atoms with Crippen molar-refractivity contribution in [3.63, 3.8) is 0 Å². The van der Waals surface area contributed by atoms with E-state index >= 15 is 0 Å². The number of nitrogens with zero attached hydrogens (tertiary/aromatic N) is 1. The minimum atomic E-state index is 0.562. The van der Waals surface area contributed by atoms with E-state index in [1.165, 1.54) is 0 Å². The van der Waals surface area contributed by atoms with Crippen LogP contribution in [0, 0.1) is 0 Å². The second-order valence-electron chi connectivity index (χ2n) is 3.39. The fourth-order valence-corrected chi connectivity index (χ4v) is 1.82. The van der Waals surface area contributed by atoms with Gasteiger partial charge in [0, 0.05) is 7.05 Å². The third-order valence-electron chi connectivity index (χ3n) is 2.18. The van der Waals surface area contributed by atoms with Crippen molar-refractivity contribution in [1.82, 2.24) is 15.8 Å². The molecule has 2 N–H and O–H groups in total. The highest BCUT2D eigenvalue weighted by Crippen LogP contribution is 2.12. The van der Waals surface area contributed by atoms with Crippen LogP contribution >= 0.6 is 24.4 Å². The zero-order chi connectivity index (χ0) is 11.5. The van der Waals surface area contributed by atoms with Gasteiger partial charge in [0.15, 0.2) is 5.11 Å². The van der Waals surface area contributed by atoms with Gasteiger partial charge in [-0.2, -0.15) is 0 Å².